The van der Waals surface area contributed by atoms with Crippen LogP contribution in [0.3, 0.4) is 0 Å². The van der Waals surface area contributed by atoms with Crippen molar-refractivity contribution in [1.82, 2.24) is 14.8 Å². The summed E-state index contributed by atoms with van der Waals surface area (Å²) < 4.78 is 21.0. The van der Waals surface area contributed by atoms with Gasteiger partial charge in [-0.05, 0) is 73.0 Å². The Morgan fingerprint density at radius 1 is 1.00 bits per heavy atom. The smallest absolute Gasteiger partial charge is 0.220 e. The second kappa shape index (κ2) is 11.6. The number of amides is 1. The summed E-state index contributed by atoms with van der Waals surface area (Å²) in [4.78, 5) is 15.6. The van der Waals surface area contributed by atoms with Crippen molar-refractivity contribution in [3.63, 3.8) is 0 Å². The Balaban J connectivity index is 1.44. The van der Waals surface area contributed by atoms with E-state index in [1.54, 1.807) is 7.11 Å². The molecule has 1 aliphatic rings. The van der Waals surface area contributed by atoms with Crippen LogP contribution >= 0.6 is 0 Å². The average Bonchev–Trinajstić information content (AvgIpc) is 3.57. The van der Waals surface area contributed by atoms with Gasteiger partial charge in [0.2, 0.25) is 5.91 Å². The highest BCUT2D eigenvalue weighted by atomic mass is 19.1. The summed E-state index contributed by atoms with van der Waals surface area (Å²) in [5.74, 6) is 0.487. The van der Waals surface area contributed by atoms with E-state index < -0.39 is 0 Å². The number of methoxy groups -OCH3 is 1. The van der Waals surface area contributed by atoms with Gasteiger partial charge in [-0.15, -0.1) is 0 Å². The molecule has 1 saturated heterocycles. The average molecular weight is 500 g/mol. The van der Waals surface area contributed by atoms with Crippen molar-refractivity contribution in [3.05, 3.63) is 102 Å². The van der Waals surface area contributed by atoms with Gasteiger partial charge in [-0.1, -0.05) is 42.5 Å². The number of fused-ring (bicyclic) bond motifs is 1. The lowest BCUT2D eigenvalue weighted by atomic mass is 9.88. The second-order valence-corrected chi connectivity index (χ2v) is 9.78. The van der Waals surface area contributed by atoms with E-state index in [0.29, 0.717) is 19.5 Å². The number of hydrogen-bond acceptors (Lipinski definition) is 3. The normalized spacial score (nSPS) is 14.6. The molecule has 0 bridgehead atoms. The Morgan fingerprint density at radius 2 is 1.73 bits per heavy atom. The van der Waals surface area contributed by atoms with E-state index in [1.807, 2.05) is 48.5 Å². The topological polar surface area (TPSA) is 46.5 Å². The van der Waals surface area contributed by atoms with Crippen LogP contribution in [0.5, 0.6) is 5.75 Å². The van der Waals surface area contributed by atoms with E-state index in [1.165, 1.54) is 25.0 Å². The second-order valence-electron chi connectivity index (χ2n) is 9.78. The van der Waals surface area contributed by atoms with Crippen LogP contribution in [0.2, 0.25) is 0 Å². The molecule has 6 heteroatoms. The fraction of sp³-hybridized carbons (Fsp3) is 0.323. The van der Waals surface area contributed by atoms with Crippen LogP contribution in [-0.2, 0) is 11.3 Å². The summed E-state index contributed by atoms with van der Waals surface area (Å²) in [6, 6.07) is 22.9. The number of aromatic nitrogens is 1. The number of carbonyl (C=O) groups excluding carboxylic acids is 1. The molecule has 1 atom stereocenters. The molecule has 0 aliphatic carbocycles. The number of hydrogen-bond donors (Lipinski definition) is 1. The monoisotopic (exact) mass is 499 g/mol. The molecule has 1 N–H and O–H groups in total. The van der Waals surface area contributed by atoms with Gasteiger partial charge < -0.3 is 19.5 Å². The molecule has 1 fully saturated rings. The zero-order valence-electron chi connectivity index (χ0n) is 21.3. The molecule has 5 nitrogen and oxygen atoms in total. The Hall–Kier alpha value is -3.64. The Kier molecular flexibility index (Phi) is 7.85. The van der Waals surface area contributed by atoms with Gasteiger partial charge in [-0.3, -0.25) is 4.79 Å². The van der Waals surface area contributed by atoms with E-state index in [0.717, 1.165) is 53.0 Å². The minimum atomic E-state index is -0.239. The third kappa shape index (κ3) is 6.03. The van der Waals surface area contributed by atoms with Crippen molar-refractivity contribution in [1.29, 1.82) is 0 Å². The largest absolute Gasteiger partial charge is 0.497 e. The third-order valence-corrected chi connectivity index (χ3v) is 7.32. The molecule has 0 radical (unpaired) electrons. The SMILES string of the molecule is COc1ccc([C@H](CC(=O)NCCN2CCCC2)c2cn(Cc3ccc(F)cc3)c3ccccc23)cc1. The molecule has 4 aromatic rings. The van der Waals surface area contributed by atoms with Gasteiger partial charge in [-0.2, -0.15) is 0 Å². The maximum absolute atomic E-state index is 13.5. The van der Waals surface area contributed by atoms with Crippen LogP contribution in [0.1, 0.15) is 41.9 Å². The van der Waals surface area contributed by atoms with E-state index in [2.05, 4.69) is 33.1 Å². The van der Waals surface area contributed by atoms with Crippen molar-refractivity contribution in [2.75, 3.05) is 33.3 Å². The number of carbonyl (C=O) groups is 1. The van der Waals surface area contributed by atoms with Crippen LogP contribution < -0.4 is 10.1 Å². The van der Waals surface area contributed by atoms with Crippen LogP contribution in [0.4, 0.5) is 4.39 Å². The number of nitrogens with zero attached hydrogens (tertiary/aromatic N) is 2. The first-order valence-corrected chi connectivity index (χ1v) is 13.1. The summed E-state index contributed by atoms with van der Waals surface area (Å²) in [6.45, 7) is 4.43. The first kappa shape index (κ1) is 25.0. The maximum atomic E-state index is 13.5. The highest BCUT2D eigenvalue weighted by Crippen LogP contribution is 2.35. The van der Waals surface area contributed by atoms with Crippen molar-refractivity contribution in [3.8, 4) is 5.75 Å². The number of benzene rings is 3. The molecule has 1 amide bonds. The highest BCUT2D eigenvalue weighted by molar-refractivity contribution is 5.86. The number of likely N-dealkylation sites (tertiary alicyclic amines) is 1. The summed E-state index contributed by atoms with van der Waals surface area (Å²) in [5.41, 5.74) is 4.29. The van der Waals surface area contributed by atoms with Crippen molar-refractivity contribution in [2.45, 2.75) is 31.7 Å². The summed E-state index contributed by atoms with van der Waals surface area (Å²) >= 11 is 0. The molecular formula is C31H34FN3O2. The molecule has 3 aromatic carbocycles. The summed E-state index contributed by atoms with van der Waals surface area (Å²) in [6.07, 6.45) is 5.00. The Morgan fingerprint density at radius 3 is 2.46 bits per heavy atom. The van der Waals surface area contributed by atoms with Gasteiger partial charge in [0, 0.05) is 49.1 Å². The van der Waals surface area contributed by atoms with Gasteiger partial charge in [-0.25, -0.2) is 4.39 Å². The maximum Gasteiger partial charge on any atom is 0.220 e. The molecule has 1 aromatic heterocycles. The molecule has 0 saturated carbocycles. The zero-order chi connectivity index (χ0) is 25.6. The van der Waals surface area contributed by atoms with E-state index in [9.17, 15) is 9.18 Å². The fourth-order valence-corrected chi connectivity index (χ4v) is 5.33. The molecule has 5 rings (SSSR count). The summed E-state index contributed by atoms with van der Waals surface area (Å²) in [7, 11) is 1.66. The first-order chi connectivity index (χ1) is 18.1. The highest BCUT2D eigenvalue weighted by Gasteiger charge is 2.23. The van der Waals surface area contributed by atoms with E-state index >= 15 is 0 Å². The van der Waals surface area contributed by atoms with Gasteiger partial charge in [0.05, 0.1) is 7.11 Å². The van der Waals surface area contributed by atoms with Crippen LogP contribution in [0.15, 0.2) is 79.0 Å². The molecule has 2 heterocycles. The predicted molar refractivity (Wildman–Crippen MR) is 146 cm³/mol. The molecular weight excluding hydrogens is 465 g/mol. The van der Waals surface area contributed by atoms with Gasteiger partial charge in [0.25, 0.3) is 0 Å². The molecule has 37 heavy (non-hydrogen) atoms. The fourth-order valence-electron chi connectivity index (χ4n) is 5.33. The number of para-hydroxylation sites is 1. The number of ether oxygens (including phenoxy) is 1. The van der Waals surface area contributed by atoms with Gasteiger partial charge >= 0.3 is 0 Å². The third-order valence-electron chi connectivity index (χ3n) is 7.32. The number of halogens is 1. The van der Waals surface area contributed by atoms with E-state index in [-0.39, 0.29) is 17.6 Å². The zero-order valence-corrected chi connectivity index (χ0v) is 21.3. The minimum Gasteiger partial charge on any atom is -0.497 e. The first-order valence-electron chi connectivity index (χ1n) is 13.1. The lowest BCUT2D eigenvalue weighted by Gasteiger charge is -2.19. The standard InChI is InChI=1S/C31H34FN3O2/c1-37-26-14-10-24(11-15-26)28(20-31(36)33-16-19-34-17-4-5-18-34)29-22-35(30-7-3-2-6-27(29)30)21-23-8-12-25(32)13-9-23/h2-3,6-15,22,28H,4-5,16-21H2,1H3,(H,33,36)/t28-/m0/s1. The number of nitrogens with one attached hydrogen (secondary N) is 1. The lowest BCUT2D eigenvalue weighted by molar-refractivity contribution is -0.121. The summed E-state index contributed by atoms with van der Waals surface area (Å²) in [5, 5.41) is 4.28. The van der Waals surface area contributed by atoms with E-state index in [4.69, 9.17) is 4.74 Å². The van der Waals surface area contributed by atoms with Crippen molar-refractivity contribution < 1.29 is 13.9 Å². The Labute approximate surface area is 217 Å². The molecule has 1 aliphatic heterocycles. The van der Waals surface area contributed by atoms with Crippen LogP contribution in [0, 0.1) is 5.82 Å². The Bertz CT molecular complexity index is 1330. The lowest BCUT2D eigenvalue weighted by Crippen LogP contribution is -2.34. The van der Waals surface area contributed by atoms with Gasteiger partial charge in [0.15, 0.2) is 0 Å². The molecule has 0 spiro atoms. The van der Waals surface area contributed by atoms with Crippen molar-refractivity contribution in [2.24, 2.45) is 0 Å². The minimum absolute atomic E-state index is 0.0513. The molecule has 192 valence electrons. The number of rotatable bonds is 10. The van der Waals surface area contributed by atoms with Gasteiger partial charge in [0.1, 0.15) is 11.6 Å². The van der Waals surface area contributed by atoms with Crippen molar-refractivity contribution >= 4 is 16.8 Å². The quantitative estimate of drug-likeness (QED) is 0.310. The van der Waals surface area contributed by atoms with Crippen LogP contribution in [0.25, 0.3) is 10.9 Å². The van der Waals surface area contributed by atoms with Crippen LogP contribution in [-0.4, -0.2) is 48.7 Å². The molecule has 0 unspecified atom stereocenters. The predicted octanol–water partition coefficient (Wildman–Crippen LogP) is 5.57.